The molecule has 31 heavy (non-hydrogen) atoms. The van der Waals surface area contributed by atoms with Crippen LogP contribution in [-0.4, -0.2) is 25.5 Å². The maximum atomic E-state index is 12.7. The van der Waals surface area contributed by atoms with Gasteiger partial charge in [0.25, 0.3) is 11.8 Å². The molecule has 0 aliphatic carbocycles. The molecule has 6 heteroatoms. The van der Waals surface area contributed by atoms with Gasteiger partial charge in [-0.15, -0.1) is 0 Å². The number of methoxy groups -OCH3 is 1. The summed E-state index contributed by atoms with van der Waals surface area (Å²) < 4.78 is 10.9. The normalized spacial score (nSPS) is 10.5. The van der Waals surface area contributed by atoms with Crippen LogP contribution in [0, 0.1) is 0 Å². The number of hydrogen-bond acceptors (Lipinski definition) is 4. The van der Waals surface area contributed by atoms with Crippen molar-refractivity contribution in [2.24, 2.45) is 0 Å². The van der Waals surface area contributed by atoms with Crippen LogP contribution in [0.25, 0.3) is 0 Å². The van der Waals surface area contributed by atoms with E-state index >= 15 is 0 Å². The van der Waals surface area contributed by atoms with Crippen LogP contribution < -0.4 is 20.1 Å². The predicted octanol–water partition coefficient (Wildman–Crippen LogP) is 5.09. The molecular formula is C25H26N2O4. The summed E-state index contributed by atoms with van der Waals surface area (Å²) >= 11 is 0. The summed E-state index contributed by atoms with van der Waals surface area (Å²) in [5.41, 5.74) is 2.43. The Morgan fingerprint density at radius 1 is 0.871 bits per heavy atom. The fourth-order valence-electron chi connectivity index (χ4n) is 3.08. The summed E-state index contributed by atoms with van der Waals surface area (Å²) in [6.07, 6.45) is 0. The zero-order chi connectivity index (χ0) is 22.2. The molecule has 2 amide bonds. The number of nitrogens with one attached hydrogen (secondary N) is 2. The fraction of sp³-hybridized carbons (Fsp3) is 0.200. The van der Waals surface area contributed by atoms with Gasteiger partial charge in [-0.2, -0.15) is 0 Å². The molecule has 3 aromatic carbocycles. The van der Waals surface area contributed by atoms with Crippen molar-refractivity contribution in [3.8, 4) is 11.5 Å². The molecule has 2 N–H and O–H groups in total. The van der Waals surface area contributed by atoms with Gasteiger partial charge in [0.15, 0.2) is 6.61 Å². The van der Waals surface area contributed by atoms with Crippen molar-refractivity contribution in [1.82, 2.24) is 0 Å². The van der Waals surface area contributed by atoms with E-state index in [1.54, 1.807) is 55.6 Å². The van der Waals surface area contributed by atoms with E-state index in [0.717, 1.165) is 5.56 Å². The van der Waals surface area contributed by atoms with Gasteiger partial charge < -0.3 is 20.1 Å². The van der Waals surface area contributed by atoms with Crippen molar-refractivity contribution < 1.29 is 19.1 Å². The number of amides is 2. The number of carbonyl (C=O) groups is 2. The Morgan fingerprint density at radius 2 is 1.55 bits per heavy atom. The molecule has 3 aromatic rings. The van der Waals surface area contributed by atoms with Gasteiger partial charge in [-0.25, -0.2) is 0 Å². The lowest BCUT2D eigenvalue weighted by atomic mass is 10.0. The van der Waals surface area contributed by atoms with Crippen LogP contribution in [0.1, 0.15) is 35.7 Å². The Balaban J connectivity index is 1.65. The van der Waals surface area contributed by atoms with Crippen LogP contribution in [0.15, 0.2) is 72.8 Å². The third kappa shape index (κ3) is 5.85. The second-order valence-electron chi connectivity index (χ2n) is 7.26. The maximum absolute atomic E-state index is 12.7. The van der Waals surface area contributed by atoms with Gasteiger partial charge >= 0.3 is 0 Å². The van der Waals surface area contributed by atoms with Crippen LogP contribution in [0.4, 0.5) is 11.4 Å². The minimum absolute atomic E-state index is 0.155. The highest BCUT2D eigenvalue weighted by Gasteiger charge is 2.15. The summed E-state index contributed by atoms with van der Waals surface area (Å²) in [6.45, 7) is 3.98. The minimum Gasteiger partial charge on any atom is -0.497 e. The first-order valence-corrected chi connectivity index (χ1v) is 10.0. The van der Waals surface area contributed by atoms with Gasteiger partial charge in [-0.1, -0.05) is 44.2 Å². The SMILES string of the molecule is COc1ccc(NC(=O)c2ccccc2NC(=O)COc2ccccc2C(C)C)cc1. The van der Waals surface area contributed by atoms with E-state index in [-0.39, 0.29) is 24.3 Å². The maximum Gasteiger partial charge on any atom is 0.262 e. The molecule has 0 heterocycles. The highest BCUT2D eigenvalue weighted by molar-refractivity contribution is 6.10. The van der Waals surface area contributed by atoms with E-state index in [9.17, 15) is 9.59 Å². The molecule has 0 aliphatic heterocycles. The molecule has 0 fully saturated rings. The van der Waals surface area contributed by atoms with Gasteiger partial charge in [0.1, 0.15) is 11.5 Å². The monoisotopic (exact) mass is 418 g/mol. The Bertz CT molecular complexity index is 1050. The first-order chi connectivity index (χ1) is 15.0. The summed E-state index contributed by atoms with van der Waals surface area (Å²) in [6, 6.07) is 21.5. The number of para-hydroxylation sites is 2. The first kappa shape index (κ1) is 21.9. The molecule has 0 saturated carbocycles. The lowest BCUT2D eigenvalue weighted by Gasteiger charge is -2.15. The van der Waals surface area contributed by atoms with Crippen molar-refractivity contribution in [2.75, 3.05) is 24.4 Å². The van der Waals surface area contributed by atoms with E-state index in [4.69, 9.17) is 9.47 Å². The number of hydrogen-bond donors (Lipinski definition) is 2. The lowest BCUT2D eigenvalue weighted by molar-refractivity contribution is -0.118. The summed E-state index contributed by atoms with van der Waals surface area (Å²) in [7, 11) is 1.58. The number of ether oxygens (including phenoxy) is 2. The molecule has 0 saturated heterocycles. The third-order valence-electron chi connectivity index (χ3n) is 4.69. The molecule has 0 radical (unpaired) electrons. The average molecular weight is 418 g/mol. The molecule has 0 aliphatic rings. The Morgan fingerprint density at radius 3 is 2.26 bits per heavy atom. The van der Waals surface area contributed by atoms with Gasteiger partial charge in [0, 0.05) is 5.69 Å². The van der Waals surface area contributed by atoms with Gasteiger partial charge in [0.05, 0.1) is 18.4 Å². The summed E-state index contributed by atoms with van der Waals surface area (Å²) in [5, 5.41) is 5.59. The summed E-state index contributed by atoms with van der Waals surface area (Å²) in [5.74, 6) is 0.986. The first-order valence-electron chi connectivity index (χ1n) is 10.0. The van der Waals surface area contributed by atoms with Gasteiger partial charge in [-0.3, -0.25) is 9.59 Å². The standard InChI is InChI=1S/C25H26N2O4/c1-17(2)20-8-5-7-11-23(20)31-16-24(28)27-22-10-6-4-9-21(22)25(29)26-18-12-14-19(30-3)15-13-18/h4-15,17H,16H2,1-3H3,(H,26,29)(H,27,28). The predicted molar refractivity (Wildman–Crippen MR) is 122 cm³/mol. The van der Waals surface area contributed by atoms with Crippen molar-refractivity contribution >= 4 is 23.2 Å². The van der Waals surface area contributed by atoms with Crippen molar-refractivity contribution in [3.63, 3.8) is 0 Å². The highest BCUT2D eigenvalue weighted by Crippen LogP contribution is 2.26. The van der Waals surface area contributed by atoms with Crippen molar-refractivity contribution in [2.45, 2.75) is 19.8 Å². The van der Waals surface area contributed by atoms with Crippen LogP contribution >= 0.6 is 0 Å². The molecular weight excluding hydrogens is 392 g/mol. The topological polar surface area (TPSA) is 76.7 Å². The van der Waals surface area contributed by atoms with Crippen molar-refractivity contribution in [1.29, 1.82) is 0 Å². The molecule has 0 unspecified atom stereocenters. The molecule has 160 valence electrons. The Labute approximate surface area is 182 Å². The fourth-order valence-corrected chi connectivity index (χ4v) is 3.08. The molecule has 0 aromatic heterocycles. The van der Waals surface area contributed by atoms with Crippen molar-refractivity contribution in [3.05, 3.63) is 83.9 Å². The number of carbonyl (C=O) groups excluding carboxylic acids is 2. The Kier molecular flexibility index (Phi) is 7.27. The zero-order valence-corrected chi connectivity index (χ0v) is 17.8. The van der Waals surface area contributed by atoms with Gasteiger partial charge in [0.2, 0.25) is 0 Å². The second-order valence-corrected chi connectivity index (χ2v) is 7.26. The van der Waals surface area contributed by atoms with Crippen LogP contribution in [-0.2, 0) is 4.79 Å². The van der Waals surface area contributed by atoms with E-state index in [2.05, 4.69) is 24.5 Å². The number of benzene rings is 3. The smallest absolute Gasteiger partial charge is 0.262 e. The zero-order valence-electron chi connectivity index (χ0n) is 17.8. The largest absolute Gasteiger partial charge is 0.497 e. The van der Waals surface area contributed by atoms with Gasteiger partial charge in [-0.05, 0) is 53.9 Å². The highest BCUT2D eigenvalue weighted by atomic mass is 16.5. The van der Waals surface area contributed by atoms with E-state index in [0.29, 0.717) is 28.4 Å². The Hall–Kier alpha value is -3.80. The van der Waals surface area contributed by atoms with E-state index in [1.807, 2.05) is 24.3 Å². The molecule has 0 spiro atoms. The minimum atomic E-state index is -0.344. The average Bonchev–Trinajstić information content (AvgIpc) is 2.78. The number of rotatable bonds is 8. The van der Waals surface area contributed by atoms with Crippen LogP contribution in [0.3, 0.4) is 0 Å². The second kappa shape index (κ2) is 10.3. The van der Waals surface area contributed by atoms with E-state index in [1.165, 1.54) is 0 Å². The number of anilines is 2. The van der Waals surface area contributed by atoms with Crippen LogP contribution in [0.2, 0.25) is 0 Å². The molecule has 6 nitrogen and oxygen atoms in total. The molecule has 3 rings (SSSR count). The third-order valence-corrected chi connectivity index (χ3v) is 4.69. The molecule has 0 bridgehead atoms. The summed E-state index contributed by atoms with van der Waals surface area (Å²) in [4.78, 5) is 25.2. The lowest BCUT2D eigenvalue weighted by Crippen LogP contribution is -2.23. The molecule has 0 atom stereocenters. The van der Waals surface area contributed by atoms with Crippen LogP contribution in [0.5, 0.6) is 11.5 Å². The van der Waals surface area contributed by atoms with E-state index < -0.39 is 0 Å². The quantitative estimate of drug-likeness (QED) is 0.534.